The van der Waals surface area contributed by atoms with Crippen LogP contribution < -0.4 is 11.5 Å². The number of nitriles is 1. The number of benzene rings is 1. The molecule has 64 valence electrons. The molecule has 3 nitrogen and oxygen atoms in total. The minimum Gasteiger partial charge on any atom is -0.398 e. The standard InChI is InChI=1S/C9H7N3S/c10-4-5-8-6(11)2-1-3-7(8)13-9(5)12/h1-3H,11-12H2. The lowest BCUT2D eigenvalue weighted by atomic mass is 10.1. The van der Waals surface area contributed by atoms with Gasteiger partial charge >= 0.3 is 0 Å². The Morgan fingerprint density at radius 2 is 2.08 bits per heavy atom. The molecule has 2 aromatic rings. The fourth-order valence-corrected chi connectivity index (χ4v) is 2.26. The Morgan fingerprint density at radius 1 is 1.31 bits per heavy atom. The van der Waals surface area contributed by atoms with E-state index >= 15 is 0 Å². The quantitative estimate of drug-likeness (QED) is 0.622. The molecule has 0 atom stereocenters. The van der Waals surface area contributed by atoms with E-state index in [0.29, 0.717) is 16.3 Å². The highest BCUT2D eigenvalue weighted by atomic mass is 32.1. The summed E-state index contributed by atoms with van der Waals surface area (Å²) in [5, 5.41) is 10.2. The lowest BCUT2D eigenvalue weighted by molar-refractivity contribution is 1.52. The van der Waals surface area contributed by atoms with Crippen molar-refractivity contribution >= 4 is 32.1 Å². The van der Waals surface area contributed by atoms with Gasteiger partial charge in [-0.25, -0.2) is 0 Å². The largest absolute Gasteiger partial charge is 0.398 e. The van der Waals surface area contributed by atoms with Gasteiger partial charge in [0.05, 0.1) is 5.56 Å². The minimum absolute atomic E-state index is 0.498. The maximum absolute atomic E-state index is 8.85. The van der Waals surface area contributed by atoms with Crippen LogP contribution in [-0.2, 0) is 0 Å². The predicted molar refractivity (Wildman–Crippen MR) is 55.4 cm³/mol. The van der Waals surface area contributed by atoms with Crippen molar-refractivity contribution in [1.29, 1.82) is 5.26 Å². The molecular formula is C9H7N3S. The van der Waals surface area contributed by atoms with Gasteiger partial charge in [0.1, 0.15) is 11.1 Å². The van der Waals surface area contributed by atoms with Crippen molar-refractivity contribution in [2.75, 3.05) is 11.5 Å². The minimum atomic E-state index is 0.498. The van der Waals surface area contributed by atoms with Crippen LogP contribution in [0.15, 0.2) is 18.2 Å². The number of fused-ring (bicyclic) bond motifs is 1. The molecule has 1 aromatic carbocycles. The molecule has 2 rings (SSSR count). The first-order chi connectivity index (χ1) is 6.24. The first-order valence-electron chi connectivity index (χ1n) is 3.70. The molecule has 13 heavy (non-hydrogen) atoms. The third-order valence-corrected chi connectivity index (χ3v) is 2.87. The second kappa shape index (κ2) is 2.64. The molecule has 4 N–H and O–H groups in total. The first kappa shape index (κ1) is 7.90. The van der Waals surface area contributed by atoms with Crippen LogP contribution in [-0.4, -0.2) is 0 Å². The molecule has 1 aromatic heterocycles. The monoisotopic (exact) mass is 189 g/mol. The maximum Gasteiger partial charge on any atom is 0.105 e. The van der Waals surface area contributed by atoms with Crippen LogP contribution in [0.3, 0.4) is 0 Å². The Kier molecular flexibility index (Phi) is 1.61. The average molecular weight is 189 g/mol. The molecule has 0 saturated heterocycles. The molecule has 0 unspecified atom stereocenters. The van der Waals surface area contributed by atoms with E-state index in [1.165, 1.54) is 11.3 Å². The van der Waals surface area contributed by atoms with E-state index in [1.807, 2.05) is 12.1 Å². The highest BCUT2D eigenvalue weighted by Gasteiger charge is 2.10. The van der Waals surface area contributed by atoms with Crippen LogP contribution in [0.4, 0.5) is 10.7 Å². The molecule has 0 spiro atoms. The van der Waals surface area contributed by atoms with E-state index in [9.17, 15) is 0 Å². The van der Waals surface area contributed by atoms with Crippen LogP contribution in [0, 0.1) is 11.3 Å². The van der Waals surface area contributed by atoms with E-state index in [2.05, 4.69) is 6.07 Å². The smallest absolute Gasteiger partial charge is 0.105 e. The van der Waals surface area contributed by atoms with Crippen molar-refractivity contribution in [2.24, 2.45) is 0 Å². The van der Waals surface area contributed by atoms with Gasteiger partial charge in [0, 0.05) is 15.8 Å². The van der Waals surface area contributed by atoms with E-state index in [1.54, 1.807) is 6.07 Å². The number of hydrogen-bond donors (Lipinski definition) is 2. The Bertz CT molecular complexity index is 507. The van der Waals surface area contributed by atoms with Gasteiger partial charge < -0.3 is 11.5 Å². The number of anilines is 2. The van der Waals surface area contributed by atoms with Crippen LogP contribution in [0.1, 0.15) is 5.56 Å². The first-order valence-corrected chi connectivity index (χ1v) is 4.52. The lowest BCUT2D eigenvalue weighted by Crippen LogP contribution is -1.87. The van der Waals surface area contributed by atoms with E-state index in [0.717, 1.165) is 10.1 Å². The number of hydrogen-bond acceptors (Lipinski definition) is 4. The van der Waals surface area contributed by atoms with Crippen molar-refractivity contribution in [3.8, 4) is 6.07 Å². The van der Waals surface area contributed by atoms with Gasteiger partial charge in [-0.05, 0) is 12.1 Å². The molecule has 4 heteroatoms. The zero-order valence-corrected chi connectivity index (χ0v) is 7.56. The second-order valence-corrected chi connectivity index (χ2v) is 3.76. The summed E-state index contributed by atoms with van der Waals surface area (Å²) in [6.07, 6.45) is 0. The summed E-state index contributed by atoms with van der Waals surface area (Å²) >= 11 is 1.39. The van der Waals surface area contributed by atoms with Gasteiger partial charge in [0.2, 0.25) is 0 Å². The molecule has 0 radical (unpaired) electrons. The maximum atomic E-state index is 8.85. The second-order valence-electron chi connectivity index (χ2n) is 2.67. The third-order valence-electron chi connectivity index (χ3n) is 1.89. The van der Waals surface area contributed by atoms with Crippen LogP contribution in [0.25, 0.3) is 10.1 Å². The molecule has 1 heterocycles. The summed E-state index contributed by atoms with van der Waals surface area (Å²) in [6, 6.07) is 7.60. The Labute approximate surface area is 79.2 Å². The van der Waals surface area contributed by atoms with Gasteiger partial charge in [0.25, 0.3) is 0 Å². The van der Waals surface area contributed by atoms with Crippen molar-refractivity contribution in [2.45, 2.75) is 0 Å². The summed E-state index contributed by atoms with van der Waals surface area (Å²) in [5.74, 6) is 0. The number of nitrogens with two attached hydrogens (primary N) is 2. The summed E-state index contributed by atoms with van der Waals surface area (Å²) in [4.78, 5) is 0. The fourth-order valence-electron chi connectivity index (χ4n) is 1.30. The van der Waals surface area contributed by atoms with Gasteiger partial charge in [-0.3, -0.25) is 0 Å². The Morgan fingerprint density at radius 3 is 2.77 bits per heavy atom. The van der Waals surface area contributed by atoms with Crippen LogP contribution >= 0.6 is 11.3 Å². The number of rotatable bonds is 0. The van der Waals surface area contributed by atoms with Crippen LogP contribution in [0.2, 0.25) is 0 Å². The zero-order chi connectivity index (χ0) is 9.42. The molecule has 0 fully saturated rings. The zero-order valence-electron chi connectivity index (χ0n) is 6.74. The molecule has 0 bridgehead atoms. The highest BCUT2D eigenvalue weighted by Crippen LogP contribution is 2.35. The summed E-state index contributed by atoms with van der Waals surface area (Å²) < 4.78 is 0.967. The van der Waals surface area contributed by atoms with Crippen molar-refractivity contribution < 1.29 is 0 Å². The summed E-state index contributed by atoms with van der Waals surface area (Å²) in [7, 11) is 0. The SMILES string of the molecule is N#Cc1c(N)sc2cccc(N)c12. The van der Waals surface area contributed by atoms with Gasteiger partial charge in [-0.1, -0.05) is 6.07 Å². The Balaban J connectivity index is 2.99. The van der Waals surface area contributed by atoms with Crippen molar-refractivity contribution in [3.63, 3.8) is 0 Å². The van der Waals surface area contributed by atoms with Gasteiger partial charge in [-0.15, -0.1) is 11.3 Å². The fraction of sp³-hybridized carbons (Fsp3) is 0. The predicted octanol–water partition coefficient (Wildman–Crippen LogP) is 1.94. The number of thiophene rings is 1. The van der Waals surface area contributed by atoms with Gasteiger partial charge in [0.15, 0.2) is 0 Å². The van der Waals surface area contributed by atoms with E-state index in [-0.39, 0.29) is 0 Å². The summed E-state index contributed by atoms with van der Waals surface area (Å²) in [6.45, 7) is 0. The van der Waals surface area contributed by atoms with Crippen molar-refractivity contribution in [3.05, 3.63) is 23.8 Å². The van der Waals surface area contributed by atoms with Crippen LogP contribution in [0.5, 0.6) is 0 Å². The average Bonchev–Trinajstić information content (AvgIpc) is 2.42. The number of nitrogens with zero attached hydrogens (tertiary/aromatic N) is 1. The third kappa shape index (κ3) is 1.02. The molecular weight excluding hydrogens is 182 g/mol. The summed E-state index contributed by atoms with van der Waals surface area (Å²) in [5.41, 5.74) is 12.5. The Hall–Kier alpha value is -1.73. The molecule has 0 aliphatic heterocycles. The lowest BCUT2D eigenvalue weighted by Gasteiger charge is -1.94. The molecule has 0 saturated carbocycles. The molecule has 0 aliphatic rings. The number of nitrogen functional groups attached to an aromatic ring is 2. The van der Waals surface area contributed by atoms with E-state index < -0.39 is 0 Å². The van der Waals surface area contributed by atoms with Gasteiger partial charge in [-0.2, -0.15) is 5.26 Å². The van der Waals surface area contributed by atoms with E-state index in [4.69, 9.17) is 16.7 Å². The topological polar surface area (TPSA) is 75.8 Å². The molecule has 0 amide bonds. The highest BCUT2D eigenvalue weighted by molar-refractivity contribution is 7.23. The molecule has 0 aliphatic carbocycles. The normalized spacial score (nSPS) is 10.1. The van der Waals surface area contributed by atoms with Crippen molar-refractivity contribution in [1.82, 2.24) is 0 Å².